The molecule has 0 aromatic carbocycles. The fourth-order valence-corrected chi connectivity index (χ4v) is 2.60. The summed E-state index contributed by atoms with van der Waals surface area (Å²) in [6.45, 7) is 3.49. The summed E-state index contributed by atoms with van der Waals surface area (Å²) in [4.78, 5) is 23.1. The number of carboxylic acid groups (broad SMARTS) is 1. The molecule has 1 aliphatic carbocycles. The van der Waals surface area contributed by atoms with E-state index in [1.807, 2.05) is 6.92 Å². The Morgan fingerprint density at radius 2 is 2.11 bits per heavy atom. The Bertz CT molecular complexity index is 351. The molecule has 0 bridgehead atoms. The third-order valence-corrected chi connectivity index (χ3v) is 3.78. The zero-order chi connectivity index (χ0) is 13.9. The molecular weight excluding hydrogens is 250 g/mol. The lowest BCUT2D eigenvalue weighted by molar-refractivity contribution is -0.140. The van der Waals surface area contributed by atoms with E-state index >= 15 is 0 Å². The van der Waals surface area contributed by atoms with E-state index in [2.05, 4.69) is 5.32 Å². The second kappa shape index (κ2) is 5.88. The number of carboxylic acids is 1. The Kier molecular flexibility index (Phi) is 4.42. The SMILES string of the molecule is CCOC1CC1C(=O)NC1(CC(=O)O)CCOCC1. The van der Waals surface area contributed by atoms with Crippen molar-refractivity contribution in [2.24, 2.45) is 5.92 Å². The molecule has 1 aliphatic heterocycles. The van der Waals surface area contributed by atoms with E-state index in [4.69, 9.17) is 14.6 Å². The minimum Gasteiger partial charge on any atom is -0.481 e. The van der Waals surface area contributed by atoms with Gasteiger partial charge < -0.3 is 19.9 Å². The summed E-state index contributed by atoms with van der Waals surface area (Å²) in [7, 11) is 0. The molecule has 108 valence electrons. The molecule has 2 atom stereocenters. The van der Waals surface area contributed by atoms with Gasteiger partial charge in [0.1, 0.15) is 0 Å². The van der Waals surface area contributed by atoms with Gasteiger partial charge in [0.2, 0.25) is 5.91 Å². The van der Waals surface area contributed by atoms with Crippen molar-refractivity contribution in [2.45, 2.75) is 44.2 Å². The largest absolute Gasteiger partial charge is 0.481 e. The third-order valence-electron chi connectivity index (χ3n) is 3.78. The average molecular weight is 271 g/mol. The first-order chi connectivity index (χ1) is 9.06. The zero-order valence-electron chi connectivity index (χ0n) is 11.2. The summed E-state index contributed by atoms with van der Waals surface area (Å²) in [6, 6.07) is 0. The Labute approximate surface area is 112 Å². The van der Waals surface area contributed by atoms with Crippen LogP contribution in [0.25, 0.3) is 0 Å². The topological polar surface area (TPSA) is 84.9 Å². The smallest absolute Gasteiger partial charge is 0.305 e. The highest BCUT2D eigenvalue weighted by molar-refractivity contribution is 5.83. The molecule has 1 saturated heterocycles. The third kappa shape index (κ3) is 3.67. The summed E-state index contributed by atoms with van der Waals surface area (Å²) in [5.74, 6) is -1.09. The first-order valence-corrected chi connectivity index (χ1v) is 6.79. The Balaban J connectivity index is 1.92. The maximum atomic E-state index is 12.1. The molecule has 2 aliphatic rings. The Hall–Kier alpha value is -1.14. The molecule has 6 heteroatoms. The van der Waals surface area contributed by atoms with Crippen molar-refractivity contribution in [3.63, 3.8) is 0 Å². The van der Waals surface area contributed by atoms with Crippen LogP contribution in [0.5, 0.6) is 0 Å². The first kappa shape index (κ1) is 14.3. The number of aliphatic carboxylic acids is 1. The van der Waals surface area contributed by atoms with Gasteiger partial charge >= 0.3 is 5.97 Å². The van der Waals surface area contributed by atoms with Gasteiger partial charge in [-0.15, -0.1) is 0 Å². The number of amides is 1. The minimum atomic E-state index is -0.889. The summed E-state index contributed by atoms with van der Waals surface area (Å²) < 4.78 is 10.6. The van der Waals surface area contributed by atoms with Crippen molar-refractivity contribution in [3.05, 3.63) is 0 Å². The van der Waals surface area contributed by atoms with E-state index in [1.54, 1.807) is 0 Å². The van der Waals surface area contributed by atoms with Gasteiger partial charge in [-0.1, -0.05) is 0 Å². The zero-order valence-corrected chi connectivity index (χ0v) is 11.2. The predicted octanol–water partition coefficient (Wildman–Crippen LogP) is 0.551. The van der Waals surface area contributed by atoms with Crippen LogP contribution in [0.3, 0.4) is 0 Å². The minimum absolute atomic E-state index is 0.00622. The molecule has 2 rings (SSSR count). The van der Waals surface area contributed by atoms with Gasteiger partial charge in [-0.3, -0.25) is 9.59 Å². The van der Waals surface area contributed by atoms with Gasteiger partial charge in [-0.05, 0) is 26.2 Å². The van der Waals surface area contributed by atoms with E-state index < -0.39 is 11.5 Å². The van der Waals surface area contributed by atoms with Crippen molar-refractivity contribution in [2.75, 3.05) is 19.8 Å². The number of nitrogens with one attached hydrogen (secondary N) is 1. The maximum absolute atomic E-state index is 12.1. The van der Waals surface area contributed by atoms with Crippen molar-refractivity contribution >= 4 is 11.9 Å². The van der Waals surface area contributed by atoms with Gasteiger partial charge in [0.15, 0.2) is 0 Å². The summed E-state index contributed by atoms with van der Waals surface area (Å²) in [6.07, 6.45) is 1.80. The molecule has 1 amide bonds. The molecule has 0 spiro atoms. The lowest BCUT2D eigenvalue weighted by Crippen LogP contribution is -2.53. The molecule has 0 aromatic heterocycles. The van der Waals surface area contributed by atoms with E-state index in [9.17, 15) is 9.59 Å². The van der Waals surface area contributed by atoms with Crippen LogP contribution in [0.1, 0.15) is 32.6 Å². The second-order valence-corrected chi connectivity index (χ2v) is 5.29. The highest BCUT2D eigenvalue weighted by Gasteiger charge is 2.47. The molecular formula is C13H21NO5. The molecule has 2 fully saturated rings. The number of hydrogen-bond acceptors (Lipinski definition) is 4. The van der Waals surface area contributed by atoms with Gasteiger partial charge in [0, 0.05) is 19.8 Å². The molecule has 2 N–H and O–H groups in total. The van der Waals surface area contributed by atoms with Crippen LogP contribution in [0, 0.1) is 5.92 Å². The van der Waals surface area contributed by atoms with Crippen LogP contribution < -0.4 is 5.32 Å². The first-order valence-electron chi connectivity index (χ1n) is 6.79. The summed E-state index contributed by atoms with van der Waals surface area (Å²) in [5, 5.41) is 12.0. The average Bonchev–Trinajstić information content (AvgIpc) is 3.09. The van der Waals surface area contributed by atoms with Crippen LogP contribution in [0.2, 0.25) is 0 Å². The molecule has 1 heterocycles. The molecule has 6 nitrogen and oxygen atoms in total. The van der Waals surface area contributed by atoms with E-state index in [-0.39, 0.29) is 24.3 Å². The molecule has 0 radical (unpaired) electrons. The standard InChI is InChI=1S/C13H21NO5/c1-2-19-10-7-9(10)12(17)14-13(8-11(15)16)3-5-18-6-4-13/h9-10H,2-8H2,1H3,(H,14,17)(H,15,16). The van der Waals surface area contributed by atoms with Crippen LogP contribution in [0.4, 0.5) is 0 Å². The van der Waals surface area contributed by atoms with Gasteiger partial charge in [0.25, 0.3) is 0 Å². The fraction of sp³-hybridized carbons (Fsp3) is 0.846. The van der Waals surface area contributed by atoms with Gasteiger partial charge in [0.05, 0.1) is 24.0 Å². The van der Waals surface area contributed by atoms with Crippen molar-refractivity contribution in [1.29, 1.82) is 0 Å². The van der Waals surface area contributed by atoms with Crippen molar-refractivity contribution in [1.82, 2.24) is 5.32 Å². The number of hydrogen-bond donors (Lipinski definition) is 2. The van der Waals surface area contributed by atoms with Crippen LogP contribution in [-0.4, -0.2) is 48.4 Å². The van der Waals surface area contributed by atoms with E-state index in [1.165, 1.54) is 0 Å². The number of ether oxygens (including phenoxy) is 2. The maximum Gasteiger partial charge on any atom is 0.305 e. The van der Waals surface area contributed by atoms with Crippen molar-refractivity contribution in [3.8, 4) is 0 Å². The number of carbonyl (C=O) groups is 2. The highest BCUT2D eigenvalue weighted by Crippen LogP contribution is 2.35. The molecule has 19 heavy (non-hydrogen) atoms. The Morgan fingerprint density at radius 1 is 1.42 bits per heavy atom. The van der Waals surface area contributed by atoms with E-state index in [0.29, 0.717) is 32.7 Å². The second-order valence-electron chi connectivity index (χ2n) is 5.29. The normalized spacial score (nSPS) is 28.7. The van der Waals surface area contributed by atoms with Crippen LogP contribution in [-0.2, 0) is 19.1 Å². The summed E-state index contributed by atoms with van der Waals surface area (Å²) in [5.41, 5.74) is -0.652. The molecule has 2 unspecified atom stereocenters. The summed E-state index contributed by atoms with van der Waals surface area (Å²) >= 11 is 0. The quantitative estimate of drug-likeness (QED) is 0.737. The molecule has 1 saturated carbocycles. The van der Waals surface area contributed by atoms with Crippen LogP contribution in [0.15, 0.2) is 0 Å². The number of rotatable bonds is 6. The van der Waals surface area contributed by atoms with Crippen molar-refractivity contribution < 1.29 is 24.2 Å². The number of carbonyl (C=O) groups excluding carboxylic acids is 1. The van der Waals surface area contributed by atoms with Gasteiger partial charge in [-0.2, -0.15) is 0 Å². The highest BCUT2D eigenvalue weighted by atomic mass is 16.5. The lowest BCUT2D eigenvalue weighted by Gasteiger charge is -2.37. The lowest BCUT2D eigenvalue weighted by atomic mass is 9.86. The van der Waals surface area contributed by atoms with Crippen LogP contribution >= 0.6 is 0 Å². The van der Waals surface area contributed by atoms with Gasteiger partial charge in [-0.25, -0.2) is 0 Å². The molecule has 0 aromatic rings. The Morgan fingerprint density at radius 3 is 2.68 bits per heavy atom. The monoisotopic (exact) mass is 271 g/mol. The predicted molar refractivity (Wildman–Crippen MR) is 66.7 cm³/mol. The fourth-order valence-electron chi connectivity index (χ4n) is 2.60. The van der Waals surface area contributed by atoms with E-state index in [0.717, 1.165) is 6.42 Å².